The van der Waals surface area contributed by atoms with Crippen LogP contribution in [0.15, 0.2) is 58.8 Å². The molecule has 5 rings (SSSR count). The van der Waals surface area contributed by atoms with Crippen LogP contribution < -0.4 is 14.8 Å². The van der Waals surface area contributed by atoms with E-state index in [-0.39, 0.29) is 12.8 Å². The fourth-order valence-electron chi connectivity index (χ4n) is 4.18. The van der Waals surface area contributed by atoms with Crippen molar-refractivity contribution < 1.29 is 23.5 Å². The third-order valence-corrected chi connectivity index (χ3v) is 5.89. The third-order valence-electron chi connectivity index (χ3n) is 5.89. The third kappa shape index (κ3) is 4.22. The van der Waals surface area contributed by atoms with Crippen molar-refractivity contribution in [1.82, 2.24) is 20.4 Å². The van der Waals surface area contributed by atoms with E-state index < -0.39 is 6.04 Å². The molecule has 1 aromatic heterocycles. The fraction of sp³-hybridized carbons (Fsp3) is 0.320. The van der Waals surface area contributed by atoms with Crippen LogP contribution in [0.2, 0.25) is 0 Å². The summed E-state index contributed by atoms with van der Waals surface area (Å²) in [5.74, 6) is 2.12. The summed E-state index contributed by atoms with van der Waals surface area (Å²) in [6, 6.07) is 14.7. The number of amides is 2. The molecule has 34 heavy (non-hydrogen) atoms. The number of fused-ring (bicyclic) bond motifs is 1. The van der Waals surface area contributed by atoms with Crippen molar-refractivity contribution >= 4 is 11.6 Å². The minimum atomic E-state index is -0.415. The first kappa shape index (κ1) is 22.0. The number of nitrogens with one attached hydrogen (secondary N) is 1. The zero-order chi connectivity index (χ0) is 23.5. The summed E-state index contributed by atoms with van der Waals surface area (Å²) in [6.07, 6.45) is 0.716. The van der Waals surface area contributed by atoms with E-state index in [9.17, 15) is 4.79 Å². The number of ether oxygens (including phenoxy) is 3. The first-order valence-electron chi connectivity index (χ1n) is 11.3. The van der Waals surface area contributed by atoms with Gasteiger partial charge in [-0.05, 0) is 44.0 Å². The van der Waals surface area contributed by atoms with Crippen LogP contribution in [0.25, 0.3) is 17.0 Å². The molecule has 0 radical (unpaired) electrons. The normalized spacial score (nSPS) is 17.3. The summed E-state index contributed by atoms with van der Waals surface area (Å²) in [7, 11) is 0. The highest BCUT2D eigenvalue weighted by Gasteiger charge is 2.35. The van der Waals surface area contributed by atoms with Crippen molar-refractivity contribution in [3.63, 3.8) is 0 Å². The standard InChI is InChI=1S/C25H26N4O5/c1-3-31-13-7-12-29-16(2)21(22(26-25(29)30)17-8-5-4-6-9-17)24-27-23(28-34-24)18-10-11-19-20(14-18)33-15-32-19/h4-6,8-11,14,22H,3,7,12-13,15H2,1-2H3,(H,26,30). The fourth-order valence-corrected chi connectivity index (χ4v) is 4.18. The van der Waals surface area contributed by atoms with Crippen LogP contribution in [0.3, 0.4) is 0 Å². The summed E-state index contributed by atoms with van der Waals surface area (Å²) in [4.78, 5) is 19.4. The number of benzene rings is 2. The largest absolute Gasteiger partial charge is 0.454 e. The number of carbonyl (C=O) groups is 1. The molecule has 0 aliphatic carbocycles. The Morgan fingerprint density at radius 3 is 2.79 bits per heavy atom. The number of aromatic nitrogens is 2. The van der Waals surface area contributed by atoms with Gasteiger partial charge in [-0.2, -0.15) is 4.98 Å². The molecule has 0 bridgehead atoms. The van der Waals surface area contributed by atoms with E-state index in [1.54, 1.807) is 4.90 Å². The number of hydrogen-bond donors (Lipinski definition) is 1. The predicted octanol–water partition coefficient (Wildman–Crippen LogP) is 4.39. The molecule has 2 aliphatic rings. The van der Waals surface area contributed by atoms with Crippen molar-refractivity contribution in [3.8, 4) is 22.9 Å². The zero-order valence-electron chi connectivity index (χ0n) is 19.1. The highest BCUT2D eigenvalue weighted by atomic mass is 16.7. The Morgan fingerprint density at radius 1 is 1.15 bits per heavy atom. The summed E-state index contributed by atoms with van der Waals surface area (Å²) >= 11 is 0. The lowest BCUT2D eigenvalue weighted by Gasteiger charge is -2.35. The maximum Gasteiger partial charge on any atom is 0.322 e. The van der Waals surface area contributed by atoms with Gasteiger partial charge in [-0.3, -0.25) is 4.90 Å². The Kier molecular flexibility index (Phi) is 6.18. The highest BCUT2D eigenvalue weighted by Crippen LogP contribution is 2.39. The van der Waals surface area contributed by atoms with Crippen molar-refractivity contribution in [1.29, 1.82) is 0 Å². The second kappa shape index (κ2) is 9.56. The number of rotatable bonds is 8. The van der Waals surface area contributed by atoms with E-state index in [1.807, 2.05) is 62.4 Å². The molecule has 0 saturated carbocycles. The molecule has 9 heteroatoms. The van der Waals surface area contributed by atoms with Gasteiger partial charge in [0.2, 0.25) is 12.6 Å². The molecule has 9 nitrogen and oxygen atoms in total. The number of allylic oxidation sites excluding steroid dienone is 1. The van der Waals surface area contributed by atoms with Crippen LogP contribution >= 0.6 is 0 Å². The van der Waals surface area contributed by atoms with Gasteiger partial charge in [0.15, 0.2) is 11.5 Å². The minimum absolute atomic E-state index is 0.165. The molecule has 0 spiro atoms. The summed E-state index contributed by atoms with van der Waals surface area (Å²) < 4.78 is 22.0. The van der Waals surface area contributed by atoms with Crippen molar-refractivity contribution in [2.75, 3.05) is 26.6 Å². The van der Waals surface area contributed by atoms with Crippen molar-refractivity contribution in [2.45, 2.75) is 26.3 Å². The first-order valence-corrected chi connectivity index (χ1v) is 11.3. The molecular formula is C25H26N4O5. The Balaban J connectivity index is 1.51. The molecule has 0 fully saturated rings. The van der Waals surface area contributed by atoms with Crippen LogP contribution in [0, 0.1) is 0 Å². The van der Waals surface area contributed by atoms with E-state index in [0.717, 1.165) is 22.4 Å². The molecule has 3 heterocycles. The molecule has 1 N–H and O–H groups in total. The molecule has 2 aliphatic heterocycles. The molecule has 1 unspecified atom stereocenters. The topological polar surface area (TPSA) is 99.0 Å². The van der Waals surface area contributed by atoms with E-state index in [1.165, 1.54) is 0 Å². The Morgan fingerprint density at radius 2 is 1.97 bits per heavy atom. The monoisotopic (exact) mass is 462 g/mol. The van der Waals surface area contributed by atoms with E-state index in [0.29, 0.717) is 49.4 Å². The minimum Gasteiger partial charge on any atom is -0.454 e. The molecule has 0 saturated heterocycles. The second-order valence-electron chi connectivity index (χ2n) is 7.99. The molecule has 2 amide bonds. The van der Waals surface area contributed by atoms with Gasteiger partial charge in [-0.25, -0.2) is 4.79 Å². The van der Waals surface area contributed by atoms with Crippen molar-refractivity contribution in [3.05, 3.63) is 65.7 Å². The van der Waals surface area contributed by atoms with E-state index in [4.69, 9.17) is 23.7 Å². The van der Waals surface area contributed by atoms with Gasteiger partial charge in [0.1, 0.15) is 0 Å². The van der Waals surface area contributed by atoms with Gasteiger partial charge >= 0.3 is 6.03 Å². The predicted molar refractivity (Wildman–Crippen MR) is 124 cm³/mol. The number of urea groups is 1. The van der Waals surface area contributed by atoms with E-state index >= 15 is 0 Å². The zero-order valence-corrected chi connectivity index (χ0v) is 19.1. The average molecular weight is 463 g/mol. The van der Waals surface area contributed by atoms with Gasteiger partial charge in [-0.1, -0.05) is 35.5 Å². The lowest BCUT2D eigenvalue weighted by molar-refractivity contribution is 0.136. The number of carbonyl (C=O) groups excluding carboxylic acids is 1. The lowest BCUT2D eigenvalue weighted by Crippen LogP contribution is -2.46. The van der Waals surface area contributed by atoms with Gasteiger partial charge in [0.05, 0.1) is 11.6 Å². The smallest absolute Gasteiger partial charge is 0.322 e. The molecule has 2 aromatic carbocycles. The lowest BCUT2D eigenvalue weighted by atomic mass is 9.94. The maximum absolute atomic E-state index is 13.0. The summed E-state index contributed by atoms with van der Waals surface area (Å²) in [5, 5.41) is 7.32. The van der Waals surface area contributed by atoms with Gasteiger partial charge in [0, 0.05) is 31.0 Å². The van der Waals surface area contributed by atoms with Crippen LogP contribution in [0.4, 0.5) is 4.79 Å². The van der Waals surface area contributed by atoms with Crippen LogP contribution in [0.1, 0.15) is 37.8 Å². The van der Waals surface area contributed by atoms with Crippen molar-refractivity contribution in [2.24, 2.45) is 0 Å². The quantitative estimate of drug-likeness (QED) is 0.496. The molecule has 176 valence electrons. The Bertz CT molecular complexity index is 1210. The molecule has 1 atom stereocenters. The van der Waals surface area contributed by atoms with Crippen LogP contribution in [-0.2, 0) is 4.74 Å². The van der Waals surface area contributed by atoms with E-state index in [2.05, 4.69) is 10.5 Å². The highest BCUT2D eigenvalue weighted by molar-refractivity contribution is 5.86. The van der Waals surface area contributed by atoms with Gasteiger partial charge < -0.3 is 24.1 Å². The summed E-state index contributed by atoms with van der Waals surface area (Å²) in [6.45, 7) is 5.81. The Labute approximate surface area is 197 Å². The van der Waals surface area contributed by atoms with Crippen LogP contribution in [-0.4, -0.2) is 47.6 Å². The maximum atomic E-state index is 13.0. The molecular weight excluding hydrogens is 436 g/mol. The number of hydrogen-bond acceptors (Lipinski definition) is 7. The SMILES string of the molecule is CCOCCCN1C(=O)NC(c2ccccc2)C(c2nc(-c3ccc4c(c3)OCO4)no2)=C1C. The summed E-state index contributed by atoms with van der Waals surface area (Å²) in [5.41, 5.74) is 3.22. The first-order chi connectivity index (χ1) is 16.7. The number of nitrogens with zero attached hydrogens (tertiary/aromatic N) is 3. The molecule has 3 aromatic rings. The Hall–Kier alpha value is -3.85. The van der Waals surface area contributed by atoms with Crippen LogP contribution in [0.5, 0.6) is 11.5 Å². The van der Waals surface area contributed by atoms with Gasteiger partial charge in [0.25, 0.3) is 5.89 Å². The van der Waals surface area contributed by atoms with Gasteiger partial charge in [-0.15, -0.1) is 0 Å². The second-order valence-corrected chi connectivity index (χ2v) is 7.99. The average Bonchev–Trinajstić information content (AvgIpc) is 3.53.